The summed E-state index contributed by atoms with van der Waals surface area (Å²) in [6.45, 7) is 17.5. The van der Waals surface area contributed by atoms with Crippen molar-refractivity contribution >= 4 is 46.7 Å². The third-order valence-electron chi connectivity index (χ3n) is 7.17. The summed E-state index contributed by atoms with van der Waals surface area (Å²) in [4.78, 5) is 38.5. The van der Waals surface area contributed by atoms with Gasteiger partial charge >= 0.3 is 0 Å². The Kier molecular flexibility index (Phi) is 19.6. The van der Waals surface area contributed by atoms with Gasteiger partial charge in [0.2, 0.25) is 0 Å². The highest BCUT2D eigenvalue weighted by Crippen LogP contribution is 2.24. The van der Waals surface area contributed by atoms with E-state index in [0.717, 1.165) is 45.4 Å². The van der Waals surface area contributed by atoms with Crippen molar-refractivity contribution in [1.82, 2.24) is 25.1 Å². The second kappa shape index (κ2) is 21.0. The molecule has 12 heteroatoms. The van der Waals surface area contributed by atoms with E-state index in [4.69, 9.17) is 34.7 Å². The number of allylic oxidation sites excluding steroid dienone is 4. The maximum atomic E-state index is 12.6. The van der Waals surface area contributed by atoms with Gasteiger partial charge in [0.25, 0.3) is 11.8 Å². The van der Waals surface area contributed by atoms with Crippen LogP contribution in [0.3, 0.4) is 0 Å². The van der Waals surface area contributed by atoms with E-state index < -0.39 is 5.91 Å². The Hall–Kier alpha value is -2.82. The van der Waals surface area contributed by atoms with Gasteiger partial charge in [0, 0.05) is 51.0 Å². The smallest absolute Gasteiger partial charge is 0.273 e. The van der Waals surface area contributed by atoms with Crippen LogP contribution in [0.1, 0.15) is 78.2 Å². The first-order valence-corrected chi connectivity index (χ1v) is 15.8. The Bertz CT molecular complexity index is 1110. The number of nitrogen functional groups attached to an aromatic ring is 1. The number of nitrogens with zero attached hydrogens (tertiary/aromatic N) is 5. The number of piperidine rings is 1. The van der Waals surface area contributed by atoms with Gasteiger partial charge in [-0.25, -0.2) is 9.97 Å². The fourth-order valence-corrected chi connectivity index (χ4v) is 4.50. The molecular formula is C31H54Cl2N8O2. The van der Waals surface area contributed by atoms with Crippen molar-refractivity contribution in [1.29, 1.82) is 0 Å². The predicted octanol–water partition coefficient (Wildman–Crippen LogP) is 5.44. The van der Waals surface area contributed by atoms with Gasteiger partial charge in [0.15, 0.2) is 22.5 Å². The number of carbonyl (C=O) groups excluding carboxylic acids is 2. The largest absolute Gasteiger partial charge is 0.401 e. The van der Waals surface area contributed by atoms with Gasteiger partial charge < -0.3 is 31.5 Å². The summed E-state index contributed by atoms with van der Waals surface area (Å²) in [5.74, 6) is 0.739. The maximum Gasteiger partial charge on any atom is 0.273 e. The van der Waals surface area contributed by atoms with E-state index >= 15 is 0 Å². The molecule has 1 fully saturated rings. The van der Waals surface area contributed by atoms with E-state index in [0.29, 0.717) is 34.1 Å². The number of nitrogens with two attached hydrogens (primary N) is 2. The lowest BCUT2D eigenvalue weighted by Crippen LogP contribution is -2.45. The number of hydrogen-bond donors (Lipinski definition) is 3. The zero-order chi connectivity index (χ0) is 33.3. The van der Waals surface area contributed by atoms with E-state index in [1.807, 2.05) is 43.7 Å². The SMILES string of the molecule is CC.CCC(C)CN(C)c1nc(N)c(C(=O)NC)nc1Cl.C\C=C(/C=C\C(Cl)=C(/C)N)C(=O)N1CCC(N(C)CC)CC1. The molecule has 0 aromatic carbocycles. The molecule has 1 aliphatic heterocycles. The second-order valence-corrected chi connectivity index (χ2v) is 11.0. The van der Waals surface area contributed by atoms with Gasteiger partial charge in [-0.3, -0.25) is 9.59 Å². The Morgan fingerprint density at radius 1 is 1.16 bits per heavy atom. The first kappa shape index (κ1) is 40.2. The molecule has 2 heterocycles. The van der Waals surface area contributed by atoms with Crippen molar-refractivity contribution in [3.63, 3.8) is 0 Å². The highest BCUT2D eigenvalue weighted by atomic mass is 35.5. The van der Waals surface area contributed by atoms with Gasteiger partial charge in [-0.1, -0.05) is 70.3 Å². The summed E-state index contributed by atoms with van der Waals surface area (Å²) in [6, 6.07) is 0.580. The fraction of sp³-hybridized carbons (Fsp3) is 0.613. The van der Waals surface area contributed by atoms with E-state index in [9.17, 15) is 9.59 Å². The molecule has 1 saturated heterocycles. The standard InChI is InChI=1S/C17H28ClN3O.C12H20ClN5O.C2H6/c1-5-14(7-8-16(18)13(3)19)17(22)21-11-9-15(10-12-21)20(4)6-2;1-5-7(2)6-18(4)11-9(13)16-8(10(14)17-11)12(19)15-3;1-2/h5,7-8,15H,6,9-12,19H2,1-4H3;7H,5-6H2,1-4H3,(H2,14,17)(H,15,19);1-2H3/b8-7-,14-5+,16-13-;;. The van der Waals surface area contributed by atoms with E-state index in [1.165, 1.54) is 7.05 Å². The normalized spacial score (nSPS) is 15.2. The van der Waals surface area contributed by atoms with Crippen molar-refractivity contribution in [2.45, 2.75) is 73.8 Å². The number of carbonyl (C=O) groups is 2. The Morgan fingerprint density at radius 3 is 2.21 bits per heavy atom. The maximum absolute atomic E-state index is 12.6. The molecule has 0 saturated carbocycles. The van der Waals surface area contributed by atoms with Crippen LogP contribution in [-0.2, 0) is 4.79 Å². The highest BCUT2D eigenvalue weighted by Gasteiger charge is 2.25. The number of likely N-dealkylation sites (tertiary alicyclic amines) is 1. The second-order valence-electron chi connectivity index (χ2n) is 10.2. The highest BCUT2D eigenvalue weighted by molar-refractivity contribution is 6.32. The Labute approximate surface area is 269 Å². The molecule has 0 aliphatic carbocycles. The predicted molar refractivity (Wildman–Crippen MR) is 182 cm³/mol. The lowest BCUT2D eigenvalue weighted by Gasteiger charge is -2.36. The number of rotatable bonds is 10. The van der Waals surface area contributed by atoms with Crippen LogP contribution in [0, 0.1) is 5.92 Å². The average molecular weight is 642 g/mol. The molecule has 2 amide bonds. The van der Waals surface area contributed by atoms with E-state index in [2.05, 4.69) is 48.0 Å². The fourth-order valence-electron chi connectivity index (χ4n) is 4.17. The van der Waals surface area contributed by atoms with Crippen molar-refractivity contribution in [3.05, 3.63) is 45.4 Å². The van der Waals surface area contributed by atoms with Crippen molar-refractivity contribution in [2.24, 2.45) is 11.7 Å². The molecule has 244 valence electrons. The molecule has 0 bridgehead atoms. The van der Waals surface area contributed by atoms with Gasteiger partial charge in [0.1, 0.15) is 0 Å². The minimum absolute atomic E-state index is 0.0492. The van der Waals surface area contributed by atoms with Crippen LogP contribution in [0.15, 0.2) is 34.5 Å². The number of hydrogen-bond acceptors (Lipinski definition) is 8. The molecule has 0 radical (unpaired) electrons. The molecule has 1 aromatic rings. The lowest BCUT2D eigenvalue weighted by atomic mass is 10.0. The van der Waals surface area contributed by atoms with Crippen LogP contribution in [0.5, 0.6) is 0 Å². The minimum atomic E-state index is -0.400. The van der Waals surface area contributed by atoms with Crippen molar-refractivity contribution in [3.8, 4) is 0 Å². The van der Waals surface area contributed by atoms with Gasteiger partial charge in [-0.2, -0.15) is 0 Å². The number of nitrogens with one attached hydrogen (secondary N) is 1. The van der Waals surface area contributed by atoms with E-state index in [1.54, 1.807) is 19.1 Å². The molecule has 43 heavy (non-hydrogen) atoms. The molecule has 1 unspecified atom stereocenters. The number of aromatic nitrogens is 2. The lowest BCUT2D eigenvalue weighted by molar-refractivity contribution is -0.128. The zero-order valence-electron chi connectivity index (χ0n) is 27.8. The van der Waals surface area contributed by atoms with E-state index in [-0.39, 0.29) is 22.6 Å². The minimum Gasteiger partial charge on any atom is -0.401 e. The molecule has 1 aliphatic rings. The van der Waals surface area contributed by atoms with Crippen LogP contribution in [0.2, 0.25) is 5.15 Å². The summed E-state index contributed by atoms with van der Waals surface area (Å²) in [5.41, 5.74) is 12.6. The number of halogens is 2. The van der Waals surface area contributed by atoms with Crippen LogP contribution < -0.4 is 21.7 Å². The van der Waals surface area contributed by atoms with Crippen LogP contribution in [0.4, 0.5) is 11.6 Å². The average Bonchev–Trinajstić information content (AvgIpc) is 3.02. The van der Waals surface area contributed by atoms with Crippen LogP contribution in [0.25, 0.3) is 0 Å². The topological polar surface area (TPSA) is 134 Å². The Balaban J connectivity index is 0.000000783. The Morgan fingerprint density at radius 2 is 1.74 bits per heavy atom. The number of amides is 2. The zero-order valence-corrected chi connectivity index (χ0v) is 29.3. The summed E-state index contributed by atoms with van der Waals surface area (Å²) < 4.78 is 0. The quantitative estimate of drug-likeness (QED) is 0.227. The summed E-state index contributed by atoms with van der Waals surface area (Å²) >= 11 is 12.1. The molecule has 10 nitrogen and oxygen atoms in total. The summed E-state index contributed by atoms with van der Waals surface area (Å²) in [7, 11) is 5.52. The third-order valence-corrected chi connectivity index (χ3v) is 7.84. The van der Waals surface area contributed by atoms with Crippen molar-refractivity contribution < 1.29 is 9.59 Å². The van der Waals surface area contributed by atoms with Crippen LogP contribution >= 0.6 is 23.2 Å². The molecule has 2 rings (SSSR count). The van der Waals surface area contributed by atoms with Crippen molar-refractivity contribution in [2.75, 3.05) is 58.0 Å². The molecule has 5 N–H and O–H groups in total. The summed E-state index contributed by atoms with van der Waals surface area (Å²) in [6.07, 6.45) is 8.35. The van der Waals surface area contributed by atoms with Gasteiger partial charge in [-0.15, -0.1) is 0 Å². The molecule has 0 spiro atoms. The first-order valence-electron chi connectivity index (χ1n) is 15.0. The molecule has 1 aromatic heterocycles. The van der Waals surface area contributed by atoms with Gasteiger partial charge in [-0.05, 0) is 58.4 Å². The third kappa shape index (κ3) is 13.1. The number of anilines is 2. The van der Waals surface area contributed by atoms with Gasteiger partial charge in [0.05, 0.1) is 5.03 Å². The molecule has 1 atom stereocenters. The first-order chi connectivity index (χ1) is 20.3. The summed E-state index contributed by atoms with van der Waals surface area (Å²) in [5, 5.41) is 3.09. The monoisotopic (exact) mass is 640 g/mol. The molecular weight excluding hydrogens is 587 g/mol. The van der Waals surface area contributed by atoms with Crippen LogP contribution in [-0.4, -0.2) is 84.9 Å².